The molecular weight excluding hydrogens is 374 g/mol. The van der Waals surface area contributed by atoms with Gasteiger partial charge in [-0.05, 0) is 60.7 Å². The maximum atomic E-state index is 11.4. The molecule has 0 aliphatic carbocycles. The Morgan fingerprint density at radius 3 is 1.79 bits per heavy atom. The second-order valence-corrected chi connectivity index (χ2v) is 8.37. The molecule has 4 rings (SSSR count). The van der Waals surface area contributed by atoms with Gasteiger partial charge in [0.1, 0.15) is 0 Å². The number of fused-ring (bicyclic) bond motifs is 2. The van der Waals surface area contributed by atoms with Crippen molar-refractivity contribution in [2.75, 3.05) is 27.8 Å². The molecule has 6 N–H and O–H groups in total. The van der Waals surface area contributed by atoms with E-state index in [0.717, 1.165) is 39.4 Å². The summed E-state index contributed by atoms with van der Waals surface area (Å²) in [6, 6.07) is 18.2. The molecule has 1 heterocycles. The van der Waals surface area contributed by atoms with Crippen LogP contribution in [-0.2, 0) is 10.0 Å². The third-order valence-electron chi connectivity index (χ3n) is 4.28. The topological polar surface area (TPSA) is 123 Å². The standard InChI is InChI=1S/C20H19N5O2S/c1-28(26,27)25-15-6-4-14(5-7-15)23-20-16-8-2-12(21)10-18(16)24-19-11-13(22)3-9-17(19)20/h2-11,25H,21-22H2,1H3,(H,23,24). The zero-order valence-corrected chi connectivity index (χ0v) is 15.9. The highest BCUT2D eigenvalue weighted by Crippen LogP contribution is 2.34. The predicted molar refractivity (Wildman–Crippen MR) is 116 cm³/mol. The highest BCUT2D eigenvalue weighted by molar-refractivity contribution is 7.92. The lowest BCUT2D eigenvalue weighted by Gasteiger charge is -2.14. The molecule has 0 saturated carbocycles. The average molecular weight is 393 g/mol. The minimum atomic E-state index is -3.32. The summed E-state index contributed by atoms with van der Waals surface area (Å²) in [6.07, 6.45) is 1.12. The van der Waals surface area contributed by atoms with Crippen LogP contribution in [0.3, 0.4) is 0 Å². The van der Waals surface area contributed by atoms with Crippen LogP contribution in [0.1, 0.15) is 0 Å². The lowest BCUT2D eigenvalue weighted by molar-refractivity contribution is 0.607. The summed E-state index contributed by atoms with van der Waals surface area (Å²) in [5.41, 5.74) is 16.8. The van der Waals surface area contributed by atoms with E-state index in [1.54, 1.807) is 24.3 Å². The summed E-state index contributed by atoms with van der Waals surface area (Å²) in [6.45, 7) is 0. The van der Waals surface area contributed by atoms with Gasteiger partial charge in [0, 0.05) is 33.5 Å². The summed E-state index contributed by atoms with van der Waals surface area (Å²) in [7, 11) is -3.32. The second-order valence-electron chi connectivity index (χ2n) is 6.62. The lowest BCUT2D eigenvalue weighted by atomic mass is 10.1. The fourth-order valence-electron chi connectivity index (χ4n) is 3.09. The summed E-state index contributed by atoms with van der Waals surface area (Å²) >= 11 is 0. The Bertz CT molecular complexity index is 1240. The summed E-state index contributed by atoms with van der Waals surface area (Å²) in [4.78, 5) is 4.68. The van der Waals surface area contributed by atoms with Gasteiger partial charge in [0.25, 0.3) is 0 Å². The number of pyridine rings is 1. The Morgan fingerprint density at radius 1 is 0.786 bits per heavy atom. The van der Waals surface area contributed by atoms with Crippen molar-refractivity contribution in [3.05, 3.63) is 60.7 Å². The van der Waals surface area contributed by atoms with Crippen molar-refractivity contribution in [3.8, 4) is 0 Å². The number of hydrogen-bond acceptors (Lipinski definition) is 6. The molecule has 8 heteroatoms. The molecule has 7 nitrogen and oxygen atoms in total. The van der Waals surface area contributed by atoms with E-state index in [2.05, 4.69) is 15.0 Å². The first-order valence-corrected chi connectivity index (χ1v) is 10.4. The van der Waals surface area contributed by atoms with E-state index in [4.69, 9.17) is 11.5 Å². The highest BCUT2D eigenvalue weighted by atomic mass is 32.2. The summed E-state index contributed by atoms with van der Waals surface area (Å²) in [5, 5.41) is 5.26. The minimum Gasteiger partial charge on any atom is -0.399 e. The van der Waals surface area contributed by atoms with Crippen molar-refractivity contribution < 1.29 is 8.42 Å². The van der Waals surface area contributed by atoms with E-state index in [9.17, 15) is 8.42 Å². The van der Waals surface area contributed by atoms with Crippen LogP contribution in [0.2, 0.25) is 0 Å². The number of hydrogen-bond donors (Lipinski definition) is 4. The summed E-state index contributed by atoms with van der Waals surface area (Å²) < 4.78 is 25.2. The zero-order valence-electron chi connectivity index (χ0n) is 15.1. The number of nitrogens with zero attached hydrogens (tertiary/aromatic N) is 1. The molecule has 0 radical (unpaired) electrons. The van der Waals surface area contributed by atoms with Gasteiger partial charge in [-0.3, -0.25) is 4.72 Å². The van der Waals surface area contributed by atoms with Crippen LogP contribution in [-0.4, -0.2) is 19.7 Å². The smallest absolute Gasteiger partial charge is 0.229 e. The number of benzene rings is 3. The number of nitrogens with one attached hydrogen (secondary N) is 2. The van der Waals surface area contributed by atoms with Gasteiger partial charge in [0.15, 0.2) is 0 Å². The molecule has 0 atom stereocenters. The van der Waals surface area contributed by atoms with Crippen LogP contribution in [0.4, 0.5) is 28.4 Å². The molecule has 1 aromatic heterocycles. The molecule has 0 amide bonds. The largest absolute Gasteiger partial charge is 0.399 e. The maximum Gasteiger partial charge on any atom is 0.229 e. The molecule has 3 aromatic carbocycles. The number of nitrogens with two attached hydrogens (primary N) is 2. The fourth-order valence-corrected chi connectivity index (χ4v) is 3.66. The molecule has 0 spiro atoms. The zero-order chi connectivity index (χ0) is 19.9. The number of rotatable bonds is 4. The van der Waals surface area contributed by atoms with Crippen LogP contribution in [0.5, 0.6) is 0 Å². The number of sulfonamides is 1. The second kappa shape index (κ2) is 6.58. The Hall–Kier alpha value is -3.52. The first-order valence-electron chi connectivity index (χ1n) is 8.52. The van der Waals surface area contributed by atoms with Gasteiger partial charge in [-0.2, -0.15) is 0 Å². The van der Waals surface area contributed by atoms with E-state index >= 15 is 0 Å². The van der Waals surface area contributed by atoms with E-state index < -0.39 is 10.0 Å². The molecule has 0 unspecified atom stereocenters. The van der Waals surface area contributed by atoms with Crippen molar-refractivity contribution in [1.82, 2.24) is 4.98 Å². The highest BCUT2D eigenvalue weighted by Gasteiger charge is 2.11. The van der Waals surface area contributed by atoms with Gasteiger partial charge in [-0.1, -0.05) is 0 Å². The maximum absolute atomic E-state index is 11.4. The minimum absolute atomic E-state index is 0.498. The van der Waals surface area contributed by atoms with Crippen molar-refractivity contribution in [1.29, 1.82) is 0 Å². The van der Waals surface area contributed by atoms with Gasteiger partial charge in [0.05, 0.1) is 23.0 Å². The van der Waals surface area contributed by atoms with E-state index in [1.807, 2.05) is 36.4 Å². The number of nitrogen functional groups attached to an aromatic ring is 2. The normalized spacial score (nSPS) is 11.6. The van der Waals surface area contributed by atoms with Crippen LogP contribution < -0.4 is 21.5 Å². The fraction of sp³-hybridized carbons (Fsp3) is 0.0500. The van der Waals surface area contributed by atoms with Crippen molar-refractivity contribution in [2.24, 2.45) is 0 Å². The summed E-state index contributed by atoms with van der Waals surface area (Å²) in [5.74, 6) is 0. The molecule has 0 bridgehead atoms. The Labute approximate surface area is 162 Å². The molecule has 0 saturated heterocycles. The third kappa shape index (κ3) is 3.63. The molecule has 0 aliphatic heterocycles. The van der Waals surface area contributed by atoms with E-state index in [1.165, 1.54) is 0 Å². The SMILES string of the molecule is CS(=O)(=O)Nc1ccc(Nc2c3ccc(N)cc3nc3cc(N)ccc23)cc1. The Kier molecular flexibility index (Phi) is 4.20. The number of aromatic nitrogens is 1. The van der Waals surface area contributed by atoms with Crippen LogP contribution in [0.25, 0.3) is 21.8 Å². The molecular formula is C20H19N5O2S. The third-order valence-corrected chi connectivity index (χ3v) is 4.89. The Balaban J connectivity index is 1.82. The van der Waals surface area contributed by atoms with Gasteiger partial charge >= 0.3 is 0 Å². The monoisotopic (exact) mass is 393 g/mol. The van der Waals surface area contributed by atoms with Crippen LogP contribution in [0.15, 0.2) is 60.7 Å². The van der Waals surface area contributed by atoms with Crippen LogP contribution >= 0.6 is 0 Å². The van der Waals surface area contributed by atoms with Crippen molar-refractivity contribution >= 4 is 60.3 Å². The molecule has 0 aliphatic rings. The van der Waals surface area contributed by atoms with Gasteiger partial charge < -0.3 is 16.8 Å². The van der Waals surface area contributed by atoms with E-state index in [0.29, 0.717) is 17.1 Å². The first kappa shape index (κ1) is 17.9. The van der Waals surface area contributed by atoms with Gasteiger partial charge in [-0.15, -0.1) is 0 Å². The molecule has 4 aromatic rings. The van der Waals surface area contributed by atoms with E-state index in [-0.39, 0.29) is 0 Å². The van der Waals surface area contributed by atoms with Crippen molar-refractivity contribution in [2.45, 2.75) is 0 Å². The first-order chi connectivity index (χ1) is 13.3. The molecule has 28 heavy (non-hydrogen) atoms. The molecule has 0 fully saturated rings. The van der Waals surface area contributed by atoms with Gasteiger partial charge in [0.2, 0.25) is 10.0 Å². The predicted octanol–water partition coefficient (Wildman–Crippen LogP) is 3.67. The quantitative estimate of drug-likeness (QED) is 0.310. The average Bonchev–Trinajstić information content (AvgIpc) is 2.61. The number of anilines is 5. The van der Waals surface area contributed by atoms with Crippen molar-refractivity contribution in [3.63, 3.8) is 0 Å². The van der Waals surface area contributed by atoms with Gasteiger partial charge in [-0.25, -0.2) is 13.4 Å². The van der Waals surface area contributed by atoms with Crippen LogP contribution in [0, 0.1) is 0 Å². The Morgan fingerprint density at radius 2 is 1.29 bits per heavy atom. The lowest BCUT2D eigenvalue weighted by Crippen LogP contribution is -2.09. The molecule has 142 valence electrons.